The van der Waals surface area contributed by atoms with Crippen molar-refractivity contribution >= 4 is 0 Å². The van der Waals surface area contributed by atoms with Crippen LogP contribution in [-0.2, 0) is 19.6 Å². The summed E-state index contributed by atoms with van der Waals surface area (Å²) in [6.07, 6.45) is 1.94. The van der Waals surface area contributed by atoms with Gasteiger partial charge < -0.3 is 10.1 Å². The lowest BCUT2D eigenvalue weighted by atomic mass is 10.1. The maximum absolute atomic E-state index is 13.6. The summed E-state index contributed by atoms with van der Waals surface area (Å²) in [5, 5.41) is 3.12. The molecule has 21 heavy (non-hydrogen) atoms. The molecule has 3 nitrogen and oxygen atoms in total. The standard InChI is InChI=1S/C17H21FN2O/c1-3-6-15-9-13(11-19-2)10-17(20-15)21-12-14-7-4-5-8-16(14)18/h4-5,7-10,19H,3,6,11-12H2,1-2H3. The molecule has 0 fully saturated rings. The zero-order valence-corrected chi connectivity index (χ0v) is 12.5. The number of hydrogen-bond acceptors (Lipinski definition) is 3. The minimum atomic E-state index is -0.252. The summed E-state index contributed by atoms with van der Waals surface area (Å²) < 4.78 is 19.3. The fourth-order valence-corrected chi connectivity index (χ4v) is 2.15. The third kappa shape index (κ3) is 4.53. The number of pyridine rings is 1. The molecule has 1 aromatic heterocycles. The van der Waals surface area contributed by atoms with Gasteiger partial charge >= 0.3 is 0 Å². The molecule has 1 aromatic carbocycles. The Morgan fingerprint density at radius 1 is 1.24 bits per heavy atom. The van der Waals surface area contributed by atoms with Gasteiger partial charge in [-0.3, -0.25) is 0 Å². The molecule has 0 aliphatic carbocycles. The molecule has 112 valence electrons. The molecular weight excluding hydrogens is 267 g/mol. The van der Waals surface area contributed by atoms with Crippen molar-refractivity contribution in [1.29, 1.82) is 0 Å². The van der Waals surface area contributed by atoms with Gasteiger partial charge in [0.25, 0.3) is 0 Å². The van der Waals surface area contributed by atoms with Crippen LogP contribution in [0, 0.1) is 5.82 Å². The highest BCUT2D eigenvalue weighted by Gasteiger charge is 2.06. The summed E-state index contributed by atoms with van der Waals surface area (Å²) in [6, 6.07) is 10.6. The Labute approximate surface area is 125 Å². The van der Waals surface area contributed by atoms with Crippen molar-refractivity contribution < 1.29 is 9.13 Å². The van der Waals surface area contributed by atoms with Crippen LogP contribution in [0.5, 0.6) is 5.88 Å². The molecule has 4 heteroatoms. The van der Waals surface area contributed by atoms with Crippen LogP contribution in [0.15, 0.2) is 36.4 Å². The van der Waals surface area contributed by atoms with E-state index in [-0.39, 0.29) is 12.4 Å². The van der Waals surface area contributed by atoms with Crippen molar-refractivity contribution in [1.82, 2.24) is 10.3 Å². The first-order valence-corrected chi connectivity index (χ1v) is 7.23. The van der Waals surface area contributed by atoms with Crippen LogP contribution in [0.4, 0.5) is 4.39 Å². The van der Waals surface area contributed by atoms with Crippen LogP contribution >= 0.6 is 0 Å². The second-order valence-corrected chi connectivity index (χ2v) is 4.97. The molecule has 0 atom stereocenters. The molecular formula is C17H21FN2O. The Kier molecular flexibility index (Phi) is 5.69. The molecule has 0 aliphatic heterocycles. The van der Waals surface area contributed by atoms with Gasteiger partial charge in [0.15, 0.2) is 0 Å². The molecule has 0 spiro atoms. The first-order chi connectivity index (χ1) is 10.2. The lowest BCUT2D eigenvalue weighted by Gasteiger charge is -2.10. The fraction of sp³-hybridized carbons (Fsp3) is 0.353. The Morgan fingerprint density at radius 2 is 2.05 bits per heavy atom. The molecule has 0 saturated heterocycles. The molecule has 0 radical (unpaired) electrons. The monoisotopic (exact) mass is 288 g/mol. The van der Waals surface area contributed by atoms with Gasteiger partial charge in [-0.1, -0.05) is 31.5 Å². The van der Waals surface area contributed by atoms with E-state index in [2.05, 4.69) is 23.3 Å². The number of rotatable bonds is 7. The summed E-state index contributed by atoms with van der Waals surface area (Å²) in [7, 11) is 1.90. The number of hydrogen-bond donors (Lipinski definition) is 1. The van der Waals surface area contributed by atoms with Crippen molar-refractivity contribution in [2.45, 2.75) is 32.9 Å². The van der Waals surface area contributed by atoms with E-state index >= 15 is 0 Å². The van der Waals surface area contributed by atoms with Gasteiger partial charge in [0.1, 0.15) is 12.4 Å². The first kappa shape index (κ1) is 15.4. The molecule has 0 bridgehead atoms. The van der Waals surface area contributed by atoms with Gasteiger partial charge in [0.05, 0.1) is 0 Å². The Balaban J connectivity index is 2.13. The van der Waals surface area contributed by atoms with Crippen LogP contribution in [0.3, 0.4) is 0 Å². The number of aromatic nitrogens is 1. The van der Waals surface area contributed by atoms with Crippen molar-refractivity contribution in [3.63, 3.8) is 0 Å². The second kappa shape index (κ2) is 7.74. The largest absolute Gasteiger partial charge is 0.473 e. The van der Waals surface area contributed by atoms with E-state index < -0.39 is 0 Å². The van der Waals surface area contributed by atoms with E-state index in [1.807, 2.05) is 13.1 Å². The van der Waals surface area contributed by atoms with Crippen LogP contribution in [0.2, 0.25) is 0 Å². The summed E-state index contributed by atoms with van der Waals surface area (Å²) in [5.74, 6) is 0.298. The molecule has 0 saturated carbocycles. The molecule has 1 N–H and O–H groups in total. The van der Waals surface area contributed by atoms with Crippen LogP contribution < -0.4 is 10.1 Å². The molecule has 2 rings (SSSR count). The number of nitrogens with one attached hydrogen (secondary N) is 1. The molecule has 2 aromatic rings. The first-order valence-electron chi connectivity index (χ1n) is 7.23. The van der Waals surface area contributed by atoms with Crippen molar-refractivity contribution in [2.24, 2.45) is 0 Å². The summed E-state index contributed by atoms with van der Waals surface area (Å²) in [5.41, 5.74) is 2.67. The van der Waals surface area contributed by atoms with E-state index in [4.69, 9.17) is 4.74 Å². The number of halogens is 1. The third-order valence-corrected chi connectivity index (χ3v) is 3.14. The van der Waals surface area contributed by atoms with Gasteiger partial charge in [-0.2, -0.15) is 0 Å². The number of nitrogens with zero attached hydrogens (tertiary/aromatic N) is 1. The minimum absolute atomic E-state index is 0.189. The average Bonchev–Trinajstić information content (AvgIpc) is 2.47. The SMILES string of the molecule is CCCc1cc(CNC)cc(OCc2ccccc2F)n1. The van der Waals surface area contributed by atoms with E-state index in [1.165, 1.54) is 6.07 Å². The van der Waals surface area contributed by atoms with E-state index in [9.17, 15) is 4.39 Å². The zero-order valence-electron chi connectivity index (χ0n) is 12.5. The zero-order chi connectivity index (χ0) is 15.1. The Morgan fingerprint density at radius 3 is 2.76 bits per heavy atom. The Bertz CT molecular complexity index is 563. The highest BCUT2D eigenvalue weighted by atomic mass is 19.1. The molecule has 0 amide bonds. The summed E-state index contributed by atoms with van der Waals surface area (Å²) >= 11 is 0. The highest BCUT2D eigenvalue weighted by Crippen LogP contribution is 2.16. The van der Waals surface area contributed by atoms with E-state index in [0.717, 1.165) is 30.6 Å². The van der Waals surface area contributed by atoms with Gasteiger partial charge in [0, 0.05) is 23.9 Å². The lowest BCUT2D eigenvalue weighted by Crippen LogP contribution is -2.08. The van der Waals surface area contributed by atoms with Crippen molar-refractivity contribution in [3.05, 3.63) is 59.0 Å². The van der Waals surface area contributed by atoms with Crippen molar-refractivity contribution in [3.8, 4) is 5.88 Å². The maximum atomic E-state index is 13.6. The lowest BCUT2D eigenvalue weighted by molar-refractivity contribution is 0.287. The number of ether oxygens (including phenoxy) is 1. The van der Waals surface area contributed by atoms with E-state index in [0.29, 0.717) is 11.4 Å². The van der Waals surface area contributed by atoms with Crippen LogP contribution in [0.25, 0.3) is 0 Å². The smallest absolute Gasteiger partial charge is 0.214 e. The molecule has 0 unspecified atom stereocenters. The second-order valence-electron chi connectivity index (χ2n) is 4.97. The molecule has 0 aliphatic rings. The van der Waals surface area contributed by atoms with Crippen LogP contribution in [0.1, 0.15) is 30.2 Å². The minimum Gasteiger partial charge on any atom is -0.473 e. The molecule has 1 heterocycles. The summed E-state index contributed by atoms with van der Waals surface area (Å²) in [6.45, 7) is 3.07. The predicted octanol–water partition coefficient (Wildman–Crippen LogP) is 3.47. The predicted molar refractivity (Wildman–Crippen MR) is 81.7 cm³/mol. The normalized spacial score (nSPS) is 10.6. The number of aryl methyl sites for hydroxylation is 1. The third-order valence-electron chi connectivity index (χ3n) is 3.14. The highest BCUT2D eigenvalue weighted by molar-refractivity contribution is 5.26. The summed E-state index contributed by atoms with van der Waals surface area (Å²) in [4.78, 5) is 4.48. The maximum Gasteiger partial charge on any atom is 0.214 e. The Hall–Kier alpha value is -1.94. The number of benzene rings is 1. The quantitative estimate of drug-likeness (QED) is 0.847. The van der Waals surface area contributed by atoms with Gasteiger partial charge in [-0.25, -0.2) is 9.37 Å². The van der Waals surface area contributed by atoms with Gasteiger partial charge in [-0.05, 0) is 31.2 Å². The average molecular weight is 288 g/mol. The van der Waals surface area contributed by atoms with Crippen molar-refractivity contribution in [2.75, 3.05) is 7.05 Å². The topological polar surface area (TPSA) is 34.1 Å². The van der Waals surface area contributed by atoms with Gasteiger partial charge in [0.2, 0.25) is 5.88 Å². The van der Waals surface area contributed by atoms with Gasteiger partial charge in [-0.15, -0.1) is 0 Å². The van der Waals surface area contributed by atoms with Crippen LogP contribution in [-0.4, -0.2) is 12.0 Å². The fourth-order valence-electron chi connectivity index (χ4n) is 2.15. The van der Waals surface area contributed by atoms with E-state index in [1.54, 1.807) is 18.2 Å².